The van der Waals surface area contributed by atoms with Crippen LogP contribution in [0.5, 0.6) is 5.75 Å². The zero-order valence-corrected chi connectivity index (χ0v) is 12.8. The van der Waals surface area contributed by atoms with Gasteiger partial charge in [-0.05, 0) is 36.6 Å². The van der Waals surface area contributed by atoms with Crippen LogP contribution < -0.4 is 10.1 Å². The van der Waals surface area contributed by atoms with Crippen LogP contribution in [0.1, 0.15) is 37.4 Å². The normalized spacial score (nSPS) is 17.1. The van der Waals surface area contributed by atoms with E-state index >= 15 is 0 Å². The van der Waals surface area contributed by atoms with Crippen molar-refractivity contribution in [2.45, 2.75) is 32.7 Å². The molecular weight excluding hydrogens is 268 g/mol. The molecule has 0 saturated carbocycles. The van der Waals surface area contributed by atoms with Crippen LogP contribution in [0.2, 0.25) is 0 Å². The van der Waals surface area contributed by atoms with Gasteiger partial charge in [0.05, 0.1) is 13.2 Å². The van der Waals surface area contributed by atoms with Crippen molar-refractivity contribution in [1.29, 1.82) is 0 Å². The lowest BCUT2D eigenvalue weighted by atomic mass is 9.93. The van der Waals surface area contributed by atoms with Crippen LogP contribution in [0.25, 0.3) is 0 Å². The molecule has 0 spiro atoms. The summed E-state index contributed by atoms with van der Waals surface area (Å²) in [6, 6.07) is 6.07. The van der Waals surface area contributed by atoms with E-state index in [2.05, 4.69) is 5.32 Å². The molecule has 0 fully saturated rings. The molecule has 21 heavy (non-hydrogen) atoms. The number of nitrogens with zero attached hydrogens (tertiary/aromatic N) is 1. The molecule has 1 unspecified atom stereocenters. The van der Waals surface area contributed by atoms with Gasteiger partial charge in [-0.15, -0.1) is 0 Å². The highest BCUT2D eigenvalue weighted by Crippen LogP contribution is 2.32. The van der Waals surface area contributed by atoms with Gasteiger partial charge in [0.1, 0.15) is 5.75 Å². The van der Waals surface area contributed by atoms with Crippen molar-refractivity contribution in [1.82, 2.24) is 10.2 Å². The van der Waals surface area contributed by atoms with E-state index in [-0.39, 0.29) is 17.9 Å². The van der Waals surface area contributed by atoms with Gasteiger partial charge in [0.25, 0.3) is 0 Å². The van der Waals surface area contributed by atoms with Crippen LogP contribution in [0.4, 0.5) is 0 Å². The standard InChI is InChI=1S/C16H22N2O3/c1-11-15-5-4-14(21-3)10-13(15)7-9-18(11)16(20)6-8-17-12(2)19/h4-5,10-11H,6-9H2,1-3H3,(H,17,19). The van der Waals surface area contributed by atoms with Crippen LogP contribution in [0, 0.1) is 0 Å². The van der Waals surface area contributed by atoms with Crippen molar-refractivity contribution >= 4 is 11.8 Å². The molecule has 0 aromatic heterocycles. The Morgan fingerprint density at radius 3 is 2.86 bits per heavy atom. The summed E-state index contributed by atoms with van der Waals surface area (Å²) < 4.78 is 5.24. The van der Waals surface area contributed by atoms with E-state index < -0.39 is 0 Å². The number of hydrogen-bond acceptors (Lipinski definition) is 3. The molecule has 2 amide bonds. The Kier molecular flexibility index (Phi) is 4.83. The van der Waals surface area contributed by atoms with Crippen molar-refractivity contribution in [2.75, 3.05) is 20.2 Å². The first-order valence-electron chi connectivity index (χ1n) is 7.23. The fourth-order valence-corrected chi connectivity index (χ4v) is 2.77. The Labute approximate surface area is 125 Å². The minimum atomic E-state index is -0.105. The summed E-state index contributed by atoms with van der Waals surface area (Å²) in [6.07, 6.45) is 1.18. The maximum Gasteiger partial charge on any atom is 0.224 e. The summed E-state index contributed by atoms with van der Waals surface area (Å²) in [7, 11) is 1.66. The second-order valence-electron chi connectivity index (χ2n) is 5.31. The molecule has 0 bridgehead atoms. The molecule has 114 valence electrons. The second-order valence-corrected chi connectivity index (χ2v) is 5.31. The van der Waals surface area contributed by atoms with E-state index in [1.807, 2.05) is 30.0 Å². The lowest BCUT2D eigenvalue weighted by Gasteiger charge is -2.35. The number of benzene rings is 1. The summed E-state index contributed by atoms with van der Waals surface area (Å²) in [6.45, 7) is 4.60. The zero-order chi connectivity index (χ0) is 15.4. The van der Waals surface area contributed by atoms with Crippen LogP contribution in [0.3, 0.4) is 0 Å². The molecule has 5 nitrogen and oxygen atoms in total. The lowest BCUT2D eigenvalue weighted by Crippen LogP contribution is -2.40. The highest BCUT2D eigenvalue weighted by molar-refractivity contribution is 5.78. The summed E-state index contributed by atoms with van der Waals surface area (Å²) >= 11 is 0. The van der Waals surface area contributed by atoms with E-state index in [1.54, 1.807) is 7.11 Å². The number of rotatable bonds is 4. The van der Waals surface area contributed by atoms with E-state index in [4.69, 9.17) is 4.74 Å². The average molecular weight is 290 g/mol. The molecule has 1 atom stereocenters. The monoisotopic (exact) mass is 290 g/mol. The molecule has 0 aliphatic carbocycles. The largest absolute Gasteiger partial charge is 0.497 e. The van der Waals surface area contributed by atoms with Gasteiger partial charge >= 0.3 is 0 Å². The van der Waals surface area contributed by atoms with Gasteiger partial charge in [-0.3, -0.25) is 9.59 Å². The van der Waals surface area contributed by atoms with Crippen molar-refractivity contribution < 1.29 is 14.3 Å². The molecular formula is C16H22N2O3. The van der Waals surface area contributed by atoms with E-state index in [0.717, 1.165) is 12.2 Å². The SMILES string of the molecule is COc1ccc2c(c1)CCN(C(=O)CCNC(C)=O)C2C. The average Bonchev–Trinajstić information content (AvgIpc) is 2.46. The quantitative estimate of drug-likeness (QED) is 0.917. The molecule has 1 heterocycles. The second kappa shape index (κ2) is 6.61. The molecule has 0 radical (unpaired) electrons. The van der Waals surface area contributed by atoms with Crippen LogP contribution in [-0.4, -0.2) is 36.9 Å². The van der Waals surface area contributed by atoms with Crippen LogP contribution >= 0.6 is 0 Å². The first-order valence-corrected chi connectivity index (χ1v) is 7.23. The molecule has 1 aliphatic rings. The zero-order valence-electron chi connectivity index (χ0n) is 12.8. The minimum absolute atomic E-state index is 0.0597. The molecule has 1 N–H and O–H groups in total. The first kappa shape index (κ1) is 15.4. The molecule has 1 aliphatic heterocycles. The summed E-state index contributed by atoms with van der Waals surface area (Å²) in [5, 5.41) is 2.66. The van der Waals surface area contributed by atoms with Crippen LogP contribution in [-0.2, 0) is 16.0 Å². The molecule has 0 saturated heterocycles. The van der Waals surface area contributed by atoms with Gasteiger partial charge < -0.3 is 15.0 Å². The first-order chi connectivity index (χ1) is 10.0. The van der Waals surface area contributed by atoms with Crippen molar-refractivity contribution in [3.8, 4) is 5.75 Å². The predicted molar refractivity (Wildman–Crippen MR) is 80.1 cm³/mol. The van der Waals surface area contributed by atoms with Gasteiger partial charge in [-0.1, -0.05) is 6.07 Å². The molecule has 5 heteroatoms. The summed E-state index contributed by atoms with van der Waals surface area (Å²) in [4.78, 5) is 25.0. The summed E-state index contributed by atoms with van der Waals surface area (Å²) in [5.41, 5.74) is 2.42. The number of fused-ring (bicyclic) bond motifs is 1. The smallest absolute Gasteiger partial charge is 0.224 e. The Morgan fingerprint density at radius 2 is 2.19 bits per heavy atom. The number of carbonyl (C=O) groups excluding carboxylic acids is 2. The van der Waals surface area contributed by atoms with Crippen molar-refractivity contribution in [2.24, 2.45) is 0 Å². The van der Waals surface area contributed by atoms with Crippen molar-refractivity contribution in [3.63, 3.8) is 0 Å². The minimum Gasteiger partial charge on any atom is -0.497 e. The molecule has 2 rings (SSSR count). The van der Waals surface area contributed by atoms with E-state index in [9.17, 15) is 9.59 Å². The van der Waals surface area contributed by atoms with Gasteiger partial charge in [-0.25, -0.2) is 0 Å². The highest BCUT2D eigenvalue weighted by Gasteiger charge is 2.27. The number of hydrogen-bond donors (Lipinski definition) is 1. The number of ether oxygens (including phenoxy) is 1. The lowest BCUT2D eigenvalue weighted by molar-refractivity contribution is -0.133. The number of carbonyl (C=O) groups is 2. The van der Waals surface area contributed by atoms with E-state index in [0.29, 0.717) is 19.5 Å². The van der Waals surface area contributed by atoms with Gasteiger partial charge in [0, 0.05) is 26.4 Å². The Balaban J connectivity index is 2.04. The number of amides is 2. The fraction of sp³-hybridized carbons (Fsp3) is 0.500. The van der Waals surface area contributed by atoms with Gasteiger partial charge in [-0.2, -0.15) is 0 Å². The molecule has 1 aromatic carbocycles. The summed E-state index contributed by atoms with van der Waals surface area (Å²) in [5.74, 6) is 0.830. The Morgan fingerprint density at radius 1 is 1.43 bits per heavy atom. The Bertz CT molecular complexity index is 542. The van der Waals surface area contributed by atoms with Crippen molar-refractivity contribution in [3.05, 3.63) is 29.3 Å². The molecule has 1 aromatic rings. The third-order valence-corrected chi connectivity index (χ3v) is 3.92. The van der Waals surface area contributed by atoms with Gasteiger partial charge in [0.15, 0.2) is 0 Å². The number of methoxy groups -OCH3 is 1. The fourth-order valence-electron chi connectivity index (χ4n) is 2.77. The topological polar surface area (TPSA) is 58.6 Å². The van der Waals surface area contributed by atoms with E-state index in [1.165, 1.54) is 18.1 Å². The maximum absolute atomic E-state index is 12.3. The third kappa shape index (κ3) is 3.54. The highest BCUT2D eigenvalue weighted by atomic mass is 16.5. The van der Waals surface area contributed by atoms with Gasteiger partial charge in [0.2, 0.25) is 11.8 Å². The Hall–Kier alpha value is -2.04. The maximum atomic E-state index is 12.3. The van der Waals surface area contributed by atoms with Crippen LogP contribution in [0.15, 0.2) is 18.2 Å². The number of nitrogens with one attached hydrogen (secondary N) is 1. The third-order valence-electron chi connectivity index (χ3n) is 3.92. The predicted octanol–water partition coefficient (Wildman–Crippen LogP) is 1.67.